The zero-order valence-electron chi connectivity index (χ0n) is 10.2. The minimum absolute atomic E-state index is 0.833. The molecule has 17 heavy (non-hydrogen) atoms. The first-order valence-corrected chi connectivity index (χ1v) is 8.71. The average Bonchev–Trinajstić information content (AvgIpc) is 2.80. The highest BCUT2D eigenvalue weighted by molar-refractivity contribution is 8.03. The Kier molecular flexibility index (Phi) is 4.02. The molecule has 2 aliphatic rings. The van der Waals surface area contributed by atoms with E-state index in [0.29, 0.717) is 0 Å². The zero-order chi connectivity index (χ0) is 11.5. The molecule has 1 unspecified atom stereocenters. The molecule has 1 aromatic rings. The first-order chi connectivity index (χ1) is 8.42. The number of rotatable bonds is 3. The fourth-order valence-electron chi connectivity index (χ4n) is 2.82. The van der Waals surface area contributed by atoms with Crippen molar-refractivity contribution >= 4 is 23.5 Å². The van der Waals surface area contributed by atoms with Crippen molar-refractivity contribution in [3.05, 3.63) is 29.8 Å². The van der Waals surface area contributed by atoms with Gasteiger partial charge in [0.2, 0.25) is 0 Å². The van der Waals surface area contributed by atoms with Crippen molar-refractivity contribution in [3.8, 4) is 0 Å². The van der Waals surface area contributed by atoms with Gasteiger partial charge in [-0.15, -0.1) is 11.8 Å². The first kappa shape index (κ1) is 12.0. The van der Waals surface area contributed by atoms with Crippen molar-refractivity contribution in [2.75, 3.05) is 5.75 Å². The van der Waals surface area contributed by atoms with Gasteiger partial charge in [-0.25, -0.2) is 0 Å². The lowest BCUT2D eigenvalue weighted by atomic mass is 10.0. The third-order valence-electron chi connectivity index (χ3n) is 3.78. The summed E-state index contributed by atoms with van der Waals surface area (Å²) in [5, 5.41) is 1.80. The molecule has 0 aromatic heterocycles. The molecule has 0 bridgehead atoms. The van der Waals surface area contributed by atoms with Crippen LogP contribution in [0.15, 0.2) is 29.2 Å². The number of fused-ring (bicyclic) bond motifs is 1. The molecule has 92 valence electrons. The summed E-state index contributed by atoms with van der Waals surface area (Å²) in [6.07, 6.45) is 8.64. The van der Waals surface area contributed by atoms with Gasteiger partial charge >= 0.3 is 0 Å². The molecule has 1 heterocycles. The lowest BCUT2D eigenvalue weighted by molar-refractivity contribution is 0.516. The standard InChI is InChI=1S/C15H20S2/c1-2-7-13(8-3-1)16-11-14-10-12-6-4-5-9-15(12)17-14/h4-6,9,13-14H,1-3,7-8,10-11H2. The van der Waals surface area contributed by atoms with Crippen LogP contribution in [-0.4, -0.2) is 16.3 Å². The highest BCUT2D eigenvalue weighted by Gasteiger charge is 2.23. The third kappa shape index (κ3) is 3.03. The highest BCUT2D eigenvalue weighted by Crippen LogP contribution is 2.39. The van der Waals surface area contributed by atoms with E-state index in [9.17, 15) is 0 Å². The zero-order valence-corrected chi connectivity index (χ0v) is 11.9. The molecular weight excluding hydrogens is 244 g/mol. The van der Waals surface area contributed by atoms with E-state index < -0.39 is 0 Å². The van der Waals surface area contributed by atoms with Crippen LogP contribution < -0.4 is 0 Å². The van der Waals surface area contributed by atoms with E-state index in [0.717, 1.165) is 10.5 Å². The Bertz CT molecular complexity index is 344. The van der Waals surface area contributed by atoms with Gasteiger partial charge in [0.15, 0.2) is 0 Å². The predicted octanol–water partition coefficient (Wildman–Crippen LogP) is 4.77. The summed E-state index contributed by atoms with van der Waals surface area (Å²) < 4.78 is 0. The summed E-state index contributed by atoms with van der Waals surface area (Å²) >= 11 is 4.35. The van der Waals surface area contributed by atoms with E-state index in [1.807, 2.05) is 0 Å². The average molecular weight is 264 g/mol. The second kappa shape index (κ2) is 5.71. The minimum atomic E-state index is 0.833. The van der Waals surface area contributed by atoms with Crippen LogP contribution in [0, 0.1) is 0 Å². The number of benzene rings is 1. The first-order valence-electron chi connectivity index (χ1n) is 6.78. The van der Waals surface area contributed by atoms with Crippen molar-refractivity contribution in [1.29, 1.82) is 0 Å². The van der Waals surface area contributed by atoms with Crippen LogP contribution in [-0.2, 0) is 6.42 Å². The topological polar surface area (TPSA) is 0 Å². The second-order valence-corrected chi connectivity index (χ2v) is 7.82. The fourth-order valence-corrected chi connectivity index (χ4v) is 5.68. The van der Waals surface area contributed by atoms with Crippen LogP contribution >= 0.6 is 23.5 Å². The van der Waals surface area contributed by atoms with Crippen LogP contribution in [0.25, 0.3) is 0 Å². The summed E-state index contributed by atoms with van der Waals surface area (Å²) in [6, 6.07) is 8.93. The van der Waals surface area contributed by atoms with Gasteiger partial charge in [0.25, 0.3) is 0 Å². The van der Waals surface area contributed by atoms with Gasteiger partial charge in [0, 0.05) is 21.1 Å². The van der Waals surface area contributed by atoms with Gasteiger partial charge in [-0.3, -0.25) is 0 Å². The van der Waals surface area contributed by atoms with Crippen LogP contribution in [0.3, 0.4) is 0 Å². The van der Waals surface area contributed by atoms with Crippen molar-refractivity contribution in [2.24, 2.45) is 0 Å². The molecule has 0 saturated heterocycles. The maximum absolute atomic E-state index is 2.30. The molecule has 2 heteroatoms. The molecule has 1 aromatic carbocycles. The van der Waals surface area contributed by atoms with E-state index in [4.69, 9.17) is 0 Å². The van der Waals surface area contributed by atoms with Gasteiger partial charge in [-0.1, -0.05) is 37.5 Å². The molecule has 0 nitrogen and oxygen atoms in total. The van der Waals surface area contributed by atoms with Crippen molar-refractivity contribution in [1.82, 2.24) is 0 Å². The van der Waals surface area contributed by atoms with Crippen LogP contribution in [0.5, 0.6) is 0 Å². The van der Waals surface area contributed by atoms with E-state index in [1.54, 1.807) is 5.56 Å². The highest BCUT2D eigenvalue weighted by atomic mass is 32.2. The minimum Gasteiger partial charge on any atom is -0.157 e. The molecule has 1 saturated carbocycles. The third-order valence-corrected chi connectivity index (χ3v) is 6.85. The molecular formula is C15H20S2. The Morgan fingerprint density at radius 1 is 1.12 bits per heavy atom. The smallest absolute Gasteiger partial charge is 0.0226 e. The Labute approximate surface area is 113 Å². The quantitative estimate of drug-likeness (QED) is 0.771. The van der Waals surface area contributed by atoms with Crippen LogP contribution in [0.1, 0.15) is 37.7 Å². The fraction of sp³-hybridized carbons (Fsp3) is 0.600. The SMILES string of the molecule is c1ccc2c(c1)CC(CSC1CCCCC1)S2. The number of hydrogen-bond donors (Lipinski definition) is 0. The molecule has 1 aliphatic carbocycles. The maximum Gasteiger partial charge on any atom is 0.0226 e. The molecule has 1 fully saturated rings. The van der Waals surface area contributed by atoms with Crippen molar-refractivity contribution < 1.29 is 0 Å². The molecule has 0 radical (unpaired) electrons. The Morgan fingerprint density at radius 3 is 2.76 bits per heavy atom. The molecule has 0 amide bonds. The second-order valence-electron chi connectivity index (χ2n) is 5.15. The summed E-state index contributed by atoms with van der Waals surface area (Å²) in [5.41, 5.74) is 1.58. The summed E-state index contributed by atoms with van der Waals surface area (Å²) in [7, 11) is 0. The molecule has 1 aliphatic heterocycles. The van der Waals surface area contributed by atoms with Crippen molar-refractivity contribution in [2.45, 2.75) is 53.9 Å². The maximum atomic E-state index is 2.30. The van der Waals surface area contributed by atoms with E-state index >= 15 is 0 Å². The normalized spacial score (nSPS) is 24.8. The van der Waals surface area contributed by atoms with E-state index in [-0.39, 0.29) is 0 Å². The van der Waals surface area contributed by atoms with Gasteiger partial charge < -0.3 is 0 Å². The van der Waals surface area contributed by atoms with Crippen LogP contribution in [0.4, 0.5) is 0 Å². The van der Waals surface area contributed by atoms with Gasteiger partial charge in [0.1, 0.15) is 0 Å². The molecule has 0 N–H and O–H groups in total. The monoisotopic (exact) mass is 264 g/mol. The summed E-state index contributed by atoms with van der Waals surface area (Å²) in [5.74, 6) is 1.35. The molecule has 0 spiro atoms. The summed E-state index contributed by atoms with van der Waals surface area (Å²) in [6.45, 7) is 0. The number of thioether (sulfide) groups is 2. The Morgan fingerprint density at radius 2 is 1.94 bits per heavy atom. The number of hydrogen-bond acceptors (Lipinski definition) is 2. The van der Waals surface area contributed by atoms with Gasteiger partial charge in [0.05, 0.1) is 0 Å². The lowest BCUT2D eigenvalue weighted by Crippen LogP contribution is -2.13. The molecule has 1 atom stereocenters. The predicted molar refractivity (Wildman–Crippen MR) is 79.1 cm³/mol. The van der Waals surface area contributed by atoms with E-state index in [2.05, 4.69) is 47.8 Å². The summed E-state index contributed by atoms with van der Waals surface area (Å²) in [4.78, 5) is 1.53. The van der Waals surface area contributed by atoms with Crippen LogP contribution in [0.2, 0.25) is 0 Å². The van der Waals surface area contributed by atoms with Gasteiger partial charge in [-0.2, -0.15) is 11.8 Å². The van der Waals surface area contributed by atoms with Gasteiger partial charge in [-0.05, 0) is 30.9 Å². The molecule has 3 rings (SSSR count). The largest absolute Gasteiger partial charge is 0.157 e. The lowest BCUT2D eigenvalue weighted by Gasteiger charge is -2.22. The van der Waals surface area contributed by atoms with E-state index in [1.165, 1.54) is 49.2 Å². The van der Waals surface area contributed by atoms with Crippen molar-refractivity contribution in [3.63, 3.8) is 0 Å². The Balaban J connectivity index is 1.48. The Hall–Kier alpha value is -0.0800.